The zero-order chi connectivity index (χ0) is 11.1. The van der Waals surface area contributed by atoms with E-state index in [0.29, 0.717) is 18.3 Å². The van der Waals surface area contributed by atoms with Crippen LogP contribution in [0.25, 0.3) is 0 Å². The lowest BCUT2D eigenvalue weighted by molar-refractivity contribution is 0.212. The number of nitrogens with two attached hydrogens (primary N) is 1. The molecule has 1 aliphatic heterocycles. The lowest BCUT2D eigenvalue weighted by Crippen LogP contribution is -2.33. The Morgan fingerprint density at radius 1 is 1.47 bits per heavy atom. The standard InChI is InChI=1S/C11H23N3O/c1-10-6-3-2-4-8-14(10)9-5-7-11(12)13-15/h10,15H,2-9H2,1H3,(H2,12,13). The lowest BCUT2D eigenvalue weighted by Gasteiger charge is -2.26. The van der Waals surface area contributed by atoms with Crippen LogP contribution in [0.4, 0.5) is 0 Å². The number of oxime groups is 1. The zero-order valence-electron chi connectivity index (χ0n) is 9.65. The fourth-order valence-corrected chi connectivity index (χ4v) is 2.18. The van der Waals surface area contributed by atoms with E-state index < -0.39 is 0 Å². The van der Waals surface area contributed by atoms with Crippen molar-refractivity contribution in [2.45, 2.75) is 51.5 Å². The highest BCUT2D eigenvalue weighted by atomic mass is 16.4. The summed E-state index contributed by atoms with van der Waals surface area (Å²) in [6.07, 6.45) is 7.02. The van der Waals surface area contributed by atoms with Crippen LogP contribution in [0.3, 0.4) is 0 Å². The first-order valence-corrected chi connectivity index (χ1v) is 5.94. The molecule has 1 heterocycles. The second-order valence-corrected chi connectivity index (χ2v) is 4.43. The van der Waals surface area contributed by atoms with Crippen LogP contribution >= 0.6 is 0 Å². The van der Waals surface area contributed by atoms with Crippen LogP contribution in [0, 0.1) is 0 Å². The number of rotatable bonds is 4. The van der Waals surface area contributed by atoms with Gasteiger partial charge in [-0.25, -0.2) is 0 Å². The lowest BCUT2D eigenvalue weighted by atomic mass is 10.1. The molecule has 0 radical (unpaired) electrons. The molecule has 3 N–H and O–H groups in total. The average Bonchev–Trinajstić information content (AvgIpc) is 2.44. The van der Waals surface area contributed by atoms with E-state index in [2.05, 4.69) is 17.0 Å². The van der Waals surface area contributed by atoms with Crippen molar-refractivity contribution in [3.05, 3.63) is 0 Å². The summed E-state index contributed by atoms with van der Waals surface area (Å²) < 4.78 is 0. The van der Waals surface area contributed by atoms with Crippen LogP contribution in [0.5, 0.6) is 0 Å². The van der Waals surface area contributed by atoms with Crippen LogP contribution in [-0.2, 0) is 0 Å². The molecule has 15 heavy (non-hydrogen) atoms. The summed E-state index contributed by atoms with van der Waals surface area (Å²) in [5.41, 5.74) is 5.44. The molecule has 0 aromatic carbocycles. The summed E-state index contributed by atoms with van der Waals surface area (Å²) in [6, 6.07) is 0.694. The third-order valence-corrected chi connectivity index (χ3v) is 3.20. The Hall–Kier alpha value is -0.770. The molecule has 0 aliphatic carbocycles. The molecule has 88 valence electrons. The molecule has 1 rings (SSSR count). The predicted molar refractivity (Wildman–Crippen MR) is 62.1 cm³/mol. The molecule has 1 atom stereocenters. The van der Waals surface area contributed by atoms with Gasteiger partial charge in [-0.2, -0.15) is 0 Å². The number of likely N-dealkylation sites (tertiary alicyclic amines) is 1. The highest BCUT2D eigenvalue weighted by Gasteiger charge is 2.15. The third kappa shape index (κ3) is 4.51. The van der Waals surface area contributed by atoms with Gasteiger partial charge in [0.2, 0.25) is 0 Å². The van der Waals surface area contributed by atoms with Gasteiger partial charge in [0, 0.05) is 12.5 Å². The van der Waals surface area contributed by atoms with Crippen molar-refractivity contribution < 1.29 is 5.21 Å². The molecule has 0 amide bonds. The number of nitrogens with zero attached hydrogens (tertiary/aromatic N) is 2. The van der Waals surface area contributed by atoms with Crippen LogP contribution in [-0.4, -0.2) is 35.1 Å². The van der Waals surface area contributed by atoms with Crippen molar-refractivity contribution in [3.8, 4) is 0 Å². The minimum Gasteiger partial charge on any atom is -0.409 e. The second kappa shape index (κ2) is 6.67. The summed E-state index contributed by atoms with van der Waals surface area (Å²) >= 11 is 0. The minimum atomic E-state index is 0.345. The second-order valence-electron chi connectivity index (χ2n) is 4.43. The van der Waals surface area contributed by atoms with Gasteiger partial charge < -0.3 is 15.8 Å². The molecule has 0 aromatic rings. The SMILES string of the molecule is CC1CCCCCN1CCCC(N)=NO. The normalized spacial score (nSPS) is 25.1. The van der Waals surface area contributed by atoms with Crippen LogP contribution in [0.2, 0.25) is 0 Å². The van der Waals surface area contributed by atoms with Gasteiger partial charge in [0.15, 0.2) is 0 Å². The Morgan fingerprint density at radius 3 is 3.00 bits per heavy atom. The topological polar surface area (TPSA) is 61.8 Å². The summed E-state index contributed by atoms with van der Waals surface area (Å²) in [5.74, 6) is 0.345. The summed E-state index contributed by atoms with van der Waals surface area (Å²) in [6.45, 7) is 4.57. The van der Waals surface area contributed by atoms with E-state index in [1.807, 2.05) is 0 Å². The first kappa shape index (κ1) is 12.3. The summed E-state index contributed by atoms with van der Waals surface area (Å²) in [5, 5.41) is 11.4. The fraction of sp³-hybridized carbons (Fsp3) is 0.909. The van der Waals surface area contributed by atoms with Gasteiger partial charge in [0.25, 0.3) is 0 Å². The molecular formula is C11H23N3O. The number of hydrogen-bond acceptors (Lipinski definition) is 3. The molecule has 4 heteroatoms. The average molecular weight is 213 g/mol. The highest BCUT2D eigenvalue weighted by Crippen LogP contribution is 2.16. The Labute approximate surface area is 92.1 Å². The van der Waals surface area contributed by atoms with E-state index >= 15 is 0 Å². The maximum Gasteiger partial charge on any atom is 0.139 e. The van der Waals surface area contributed by atoms with Gasteiger partial charge in [-0.1, -0.05) is 18.0 Å². The molecule has 1 aliphatic rings. The molecule has 4 nitrogen and oxygen atoms in total. The van der Waals surface area contributed by atoms with Crippen LogP contribution in [0.15, 0.2) is 5.16 Å². The molecule has 1 saturated heterocycles. The quantitative estimate of drug-likeness (QED) is 0.324. The zero-order valence-corrected chi connectivity index (χ0v) is 9.65. The van der Waals surface area contributed by atoms with Crippen LogP contribution in [0.1, 0.15) is 45.4 Å². The number of hydrogen-bond donors (Lipinski definition) is 2. The van der Waals surface area contributed by atoms with Crippen molar-refractivity contribution in [1.29, 1.82) is 0 Å². The van der Waals surface area contributed by atoms with E-state index in [-0.39, 0.29) is 0 Å². The van der Waals surface area contributed by atoms with Gasteiger partial charge in [-0.3, -0.25) is 0 Å². The van der Waals surface area contributed by atoms with Crippen molar-refractivity contribution in [2.75, 3.05) is 13.1 Å². The molecular weight excluding hydrogens is 190 g/mol. The maximum absolute atomic E-state index is 8.42. The molecule has 0 bridgehead atoms. The Kier molecular flexibility index (Phi) is 5.47. The molecule has 1 fully saturated rings. The number of amidine groups is 1. The maximum atomic E-state index is 8.42. The Morgan fingerprint density at radius 2 is 2.27 bits per heavy atom. The van der Waals surface area contributed by atoms with Gasteiger partial charge in [0.05, 0.1) is 0 Å². The van der Waals surface area contributed by atoms with Gasteiger partial charge in [0.1, 0.15) is 5.84 Å². The predicted octanol–water partition coefficient (Wildman–Crippen LogP) is 1.78. The molecule has 0 spiro atoms. The smallest absolute Gasteiger partial charge is 0.139 e. The van der Waals surface area contributed by atoms with Crippen molar-refractivity contribution >= 4 is 5.84 Å². The van der Waals surface area contributed by atoms with Crippen LogP contribution < -0.4 is 5.73 Å². The molecule has 1 unspecified atom stereocenters. The Balaban J connectivity index is 2.23. The van der Waals surface area contributed by atoms with Crippen molar-refractivity contribution in [2.24, 2.45) is 10.9 Å². The first-order chi connectivity index (χ1) is 7.24. The van der Waals surface area contributed by atoms with Crippen molar-refractivity contribution in [1.82, 2.24) is 4.90 Å². The summed E-state index contributed by atoms with van der Waals surface area (Å²) in [4.78, 5) is 2.53. The van der Waals surface area contributed by atoms with E-state index in [4.69, 9.17) is 10.9 Å². The van der Waals surface area contributed by atoms with Crippen molar-refractivity contribution in [3.63, 3.8) is 0 Å². The highest BCUT2D eigenvalue weighted by molar-refractivity contribution is 5.79. The monoisotopic (exact) mass is 213 g/mol. The van der Waals surface area contributed by atoms with Gasteiger partial charge in [-0.05, 0) is 39.3 Å². The van der Waals surface area contributed by atoms with E-state index in [1.165, 1.54) is 32.2 Å². The molecule has 0 saturated carbocycles. The first-order valence-electron chi connectivity index (χ1n) is 5.94. The third-order valence-electron chi connectivity index (χ3n) is 3.20. The van der Waals surface area contributed by atoms with E-state index in [9.17, 15) is 0 Å². The van der Waals surface area contributed by atoms with Gasteiger partial charge in [-0.15, -0.1) is 0 Å². The fourth-order valence-electron chi connectivity index (χ4n) is 2.18. The largest absolute Gasteiger partial charge is 0.409 e. The molecule has 0 aromatic heterocycles. The van der Waals surface area contributed by atoms with Gasteiger partial charge >= 0.3 is 0 Å². The van der Waals surface area contributed by atoms with E-state index in [0.717, 1.165) is 13.0 Å². The van der Waals surface area contributed by atoms with E-state index in [1.54, 1.807) is 0 Å². The minimum absolute atomic E-state index is 0.345. The Bertz CT molecular complexity index is 206. The summed E-state index contributed by atoms with van der Waals surface area (Å²) in [7, 11) is 0.